The fourth-order valence-electron chi connectivity index (χ4n) is 1.98. The van der Waals surface area contributed by atoms with Crippen LogP contribution in [0.15, 0.2) is 24.5 Å². The summed E-state index contributed by atoms with van der Waals surface area (Å²) in [5, 5.41) is 14.1. The minimum atomic E-state index is -0.455. The maximum atomic E-state index is 11.3. The molecule has 2 aromatic rings. The number of aryl methyl sites for hydroxylation is 1. The summed E-state index contributed by atoms with van der Waals surface area (Å²) < 4.78 is 0. The molecular weight excluding hydrogens is 272 g/mol. The average molecular weight is 288 g/mol. The molecule has 8 heteroatoms. The Labute approximate surface area is 122 Å². The molecule has 0 fully saturated rings. The topological polar surface area (TPSA) is 97.1 Å². The lowest BCUT2D eigenvalue weighted by atomic mass is 10.2. The molecule has 0 aliphatic carbocycles. The van der Waals surface area contributed by atoms with E-state index in [0.717, 1.165) is 5.56 Å². The number of hydrogen-bond donors (Lipinski definition) is 1. The summed E-state index contributed by atoms with van der Waals surface area (Å²) in [4.78, 5) is 24.8. The van der Waals surface area contributed by atoms with Gasteiger partial charge in [-0.1, -0.05) is 6.07 Å². The number of hydrogen-bond acceptors (Lipinski definition) is 7. The Hall–Kier alpha value is -2.77. The van der Waals surface area contributed by atoms with Crippen molar-refractivity contribution in [3.63, 3.8) is 0 Å². The summed E-state index contributed by atoms with van der Waals surface area (Å²) in [5.41, 5.74) is 1.18. The number of pyridine rings is 1. The third kappa shape index (κ3) is 3.22. The van der Waals surface area contributed by atoms with Crippen LogP contribution < -0.4 is 10.2 Å². The van der Waals surface area contributed by atoms with Crippen molar-refractivity contribution >= 4 is 17.5 Å². The maximum absolute atomic E-state index is 11.3. The highest BCUT2D eigenvalue weighted by atomic mass is 16.6. The van der Waals surface area contributed by atoms with Crippen LogP contribution in [0.4, 0.5) is 17.5 Å². The van der Waals surface area contributed by atoms with E-state index in [0.29, 0.717) is 18.2 Å². The first-order valence-electron chi connectivity index (χ1n) is 6.33. The molecule has 1 N–H and O–H groups in total. The number of nitrogens with one attached hydrogen (secondary N) is 1. The van der Waals surface area contributed by atoms with Crippen molar-refractivity contribution in [1.29, 1.82) is 0 Å². The summed E-state index contributed by atoms with van der Waals surface area (Å²) in [7, 11) is 3.42. The van der Waals surface area contributed by atoms with Crippen molar-refractivity contribution < 1.29 is 4.92 Å². The minimum absolute atomic E-state index is 0.0830. The monoisotopic (exact) mass is 288 g/mol. The lowest BCUT2D eigenvalue weighted by molar-refractivity contribution is -0.385. The average Bonchev–Trinajstić information content (AvgIpc) is 2.46. The first-order chi connectivity index (χ1) is 10.0. The quantitative estimate of drug-likeness (QED) is 0.661. The van der Waals surface area contributed by atoms with E-state index in [-0.39, 0.29) is 11.5 Å². The van der Waals surface area contributed by atoms with Gasteiger partial charge in [0.25, 0.3) is 0 Å². The van der Waals surface area contributed by atoms with E-state index in [1.54, 1.807) is 38.3 Å². The summed E-state index contributed by atoms with van der Waals surface area (Å²) in [6, 6.07) is 3.73. The summed E-state index contributed by atoms with van der Waals surface area (Å²) in [6.45, 7) is 2.07. The first-order valence-corrected chi connectivity index (χ1v) is 6.33. The largest absolute Gasteiger partial charge is 0.357 e. The van der Waals surface area contributed by atoms with Crippen molar-refractivity contribution in [1.82, 2.24) is 15.0 Å². The molecule has 21 heavy (non-hydrogen) atoms. The van der Waals surface area contributed by atoms with E-state index in [9.17, 15) is 10.1 Å². The van der Waals surface area contributed by atoms with Crippen molar-refractivity contribution in [2.45, 2.75) is 13.5 Å². The molecule has 0 aliphatic rings. The van der Waals surface area contributed by atoms with Gasteiger partial charge in [-0.05, 0) is 18.6 Å². The van der Waals surface area contributed by atoms with Crippen LogP contribution in [0.25, 0.3) is 0 Å². The van der Waals surface area contributed by atoms with E-state index in [4.69, 9.17) is 0 Å². The predicted octanol–water partition coefficient (Wildman–Crippen LogP) is 1.77. The molecule has 0 bridgehead atoms. The fraction of sp³-hybridized carbons (Fsp3) is 0.308. The molecule has 0 saturated heterocycles. The molecule has 0 aromatic carbocycles. The molecule has 0 atom stereocenters. The molecule has 110 valence electrons. The molecule has 0 radical (unpaired) electrons. The highest BCUT2D eigenvalue weighted by Gasteiger charge is 2.24. The van der Waals surface area contributed by atoms with E-state index >= 15 is 0 Å². The molecule has 0 unspecified atom stereocenters. The zero-order chi connectivity index (χ0) is 15.4. The van der Waals surface area contributed by atoms with E-state index in [1.165, 1.54) is 0 Å². The molecule has 0 amide bonds. The second-order valence-corrected chi connectivity index (χ2v) is 4.53. The molecule has 2 heterocycles. The van der Waals surface area contributed by atoms with Gasteiger partial charge in [0, 0.05) is 33.0 Å². The van der Waals surface area contributed by atoms with Crippen LogP contribution in [0.3, 0.4) is 0 Å². The van der Waals surface area contributed by atoms with Crippen LogP contribution in [0, 0.1) is 17.0 Å². The molecule has 2 aromatic heterocycles. The van der Waals surface area contributed by atoms with Gasteiger partial charge in [-0.3, -0.25) is 15.1 Å². The SMILES string of the molecule is CNc1nc(C)c([N+](=O)[O-])c(N(C)Cc2cccnc2)n1. The third-order valence-electron chi connectivity index (χ3n) is 2.95. The predicted molar refractivity (Wildman–Crippen MR) is 79.3 cm³/mol. The number of aromatic nitrogens is 3. The number of nitrogens with zero attached hydrogens (tertiary/aromatic N) is 5. The Morgan fingerprint density at radius 2 is 2.19 bits per heavy atom. The summed E-state index contributed by atoms with van der Waals surface area (Å²) in [6.07, 6.45) is 3.40. The number of nitro groups is 1. The lowest BCUT2D eigenvalue weighted by Gasteiger charge is -2.19. The number of rotatable bonds is 5. The normalized spacial score (nSPS) is 10.2. The van der Waals surface area contributed by atoms with Gasteiger partial charge >= 0.3 is 5.69 Å². The lowest BCUT2D eigenvalue weighted by Crippen LogP contribution is -2.20. The smallest absolute Gasteiger partial charge is 0.332 e. The zero-order valence-electron chi connectivity index (χ0n) is 12.1. The first kappa shape index (κ1) is 14.6. The molecular formula is C13H16N6O2. The van der Waals surface area contributed by atoms with Gasteiger partial charge in [-0.25, -0.2) is 4.98 Å². The molecule has 2 rings (SSSR count). The van der Waals surface area contributed by atoms with Gasteiger partial charge in [0.1, 0.15) is 5.69 Å². The van der Waals surface area contributed by atoms with E-state index < -0.39 is 4.92 Å². The van der Waals surface area contributed by atoms with Crippen molar-refractivity contribution in [2.75, 3.05) is 24.3 Å². The third-order valence-corrected chi connectivity index (χ3v) is 2.95. The Bertz CT molecular complexity index is 647. The maximum Gasteiger partial charge on any atom is 0.332 e. The van der Waals surface area contributed by atoms with Crippen molar-refractivity contribution in [3.8, 4) is 0 Å². The van der Waals surface area contributed by atoms with Gasteiger partial charge in [0.2, 0.25) is 11.8 Å². The Kier molecular flexibility index (Phi) is 4.27. The van der Waals surface area contributed by atoms with Crippen molar-refractivity contribution in [3.05, 3.63) is 45.9 Å². The molecule has 8 nitrogen and oxygen atoms in total. The minimum Gasteiger partial charge on any atom is -0.357 e. The highest BCUT2D eigenvalue weighted by molar-refractivity contribution is 5.62. The highest BCUT2D eigenvalue weighted by Crippen LogP contribution is 2.29. The molecule has 0 saturated carbocycles. The zero-order valence-corrected chi connectivity index (χ0v) is 12.1. The van der Waals surface area contributed by atoms with Crippen LogP contribution in [-0.4, -0.2) is 34.0 Å². The van der Waals surface area contributed by atoms with Gasteiger partial charge in [0.15, 0.2) is 0 Å². The molecule has 0 aliphatic heterocycles. The Morgan fingerprint density at radius 1 is 1.43 bits per heavy atom. The standard InChI is InChI=1S/C13H16N6O2/c1-9-11(19(20)21)12(17-13(14-2)16-9)18(3)8-10-5-4-6-15-7-10/h4-7H,8H2,1-3H3,(H,14,16,17). The summed E-state index contributed by atoms with van der Waals surface area (Å²) >= 11 is 0. The van der Waals surface area contributed by atoms with Gasteiger partial charge in [-0.2, -0.15) is 4.98 Å². The second kappa shape index (κ2) is 6.12. The van der Waals surface area contributed by atoms with Gasteiger partial charge in [-0.15, -0.1) is 0 Å². The second-order valence-electron chi connectivity index (χ2n) is 4.53. The number of anilines is 2. The van der Waals surface area contributed by atoms with E-state index in [2.05, 4.69) is 20.3 Å². The van der Waals surface area contributed by atoms with Gasteiger partial charge in [0.05, 0.1) is 4.92 Å². The summed E-state index contributed by atoms with van der Waals surface area (Å²) in [5.74, 6) is 0.631. The van der Waals surface area contributed by atoms with Crippen molar-refractivity contribution in [2.24, 2.45) is 0 Å². The van der Waals surface area contributed by atoms with E-state index in [1.807, 2.05) is 12.1 Å². The van der Waals surface area contributed by atoms with Gasteiger partial charge < -0.3 is 10.2 Å². The fourth-order valence-corrected chi connectivity index (χ4v) is 1.98. The van der Waals surface area contributed by atoms with Crippen LogP contribution in [0.2, 0.25) is 0 Å². The van der Waals surface area contributed by atoms with Crippen LogP contribution >= 0.6 is 0 Å². The van der Waals surface area contributed by atoms with Crippen LogP contribution in [0.5, 0.6) is 0 Å². The van der Waals surface area contributed by atoms with Crippen LogP contribution in [-0.2, 0) is 6.54 Å². The van der Waals surface area contributed by atoms with Crippen LogP contribution in [0.1, 0.15) is 11.3 Å². The molecule has 0 spiro atoms. The Balaban J connectivity index is 2.41. The Morgan fingerprint density at radius 3 is 2.76 bits per heavy atom.